The maximum absolute atomic E-state index is 12.9. The van der Waals surface area contributed by atoms with E-state index in [0.29, 0.717) is 5.69 Å². The number of rotatable bonds is 7. The van der Waals surface area contributed by atoms with Crippen molar-refractivity contribution in [3.05, 3.63) is 42.0 Å². The number of nitrogens with one attached hydrogen (secondary N) is 1. The summed E-state index contributed by atoms with van der Waals surface area (Å²) in [7, 11) is 0. The summed E-state index contributed by atoms with van der Waals surface area (Å²) >= 11 is 0. The molecule has 138 valence electrons. The van der Waals surface area contributed by atoms with Crippen LogP contribution < -0.4 is 5.32 Å². The molecule has 0 atom stereocenters. The standard InChI is InChI=1S/C16H18FN5O4/c1-10(2)22(8-14(23)18-12-5-3-11(17)4-6-12)15(24)9-21-7-13(16(25)26)19-20-21/h3-7,10H,8-9H2,1-2H3,(H,18,23)(H,25,26). The molecular weight excluding hydrogens is 345 g/mol. The van der Waals surface area contributed by atoms with Crippen molar-refractivity contribution in [3.63, 3.8) is 0 Å². The highest BCUT2D eigenvalue weighted by Crippen LogP contribution is 2.09. The Labute approximate surface area is 148 Å². The van der Waals surface area contributed by atoms with Gasteiger partial charge in [0.15, 0.2) is 5.69 Å². The van der Waals surface area contributed by atoms with E-state index >= 15 is 0 Å². The van der Waals surface area contributed by atoms with Gasteiger partial charge < -0.3 is 15.3 Å². The molecule has 0 aliphatic rings. The Kier molecular flexibility index (Phi) is 5.99. The predicted molar refractivity (Wildman–Crippen MR) is 88.9 cm³/mol. The predicted octanol–water partition coefficient (Wildman–Crippen LogP) is 0.991. The summed E-state index contributed by atoms with van der Waals surface area (Å²) in [5.74, 6) is -2.53. The van der Waals surface area contributed by atoms with Gasteiger partial charge in [-0.3, -0.25) is 9.59 Å². The Morgan fingerprint density at radius 1 is 1.27 bits per heavy atom. The van der Waals surface area contributed by atoms with E-state index in [-0.39, 0.29) is 24.8 Å². The van der Waals surface area contributed by atoms with Crippen LogP contribution in [-0.4, -0.2) is 55.4 Å². The van der Waals surface area contributed by atoms with Crippen LogP contribution in [0.4, 0.5) is 10.1 Å². The molecule has 2 rings (SSSR count). The second-order valence-corrected chi connectivity index (χ2v) is 5.78. The molecule has 10 heteroatoms. The number of halogens is 1. The third kappa shape index (κ3) is 5.10. The number of carbonyl (C=O) groups is 3. The van der Waals surface area contributed by atoms with Crippen LogP contribution in [0.15, 0.2) is 30.5 Å². The van der Waals surface area contributed by atoms with Gasteiger partial charge in [-0.25, -0.2) is 13.9 Å². The average Bonchev–Trinajstić information content (AvgIpc) is 3.03. The van der Waals surface area contributed by atoms with Crippen LogP contribution in [0.5, 0.6) is 0 Å². The summed E-state index contributed by atoms with van der Waals surface area (Å²) < 4.78 is 14.0. The first-order chi connectivity index (χ1) is 12.3. The van der Waals surface area contributed by atoms with E-state index in [4.69, 9.17) is 5.11 Å². The summed E-state index contributed by atoms with van der Waals surface area (Å²) in [4.78, 5) is 36.7. The van der Waals surface area contributed by atoms with Crippen molar-refractivity contribution >= 4 is 23.5 Å². The number of benzene rings is 1. The molecular formula is C16H18FN5O4. The van der Waals surface area contributed by atoms with E-state index in [1.807, 2.05) is 0 Å². The van der Waals surface area contributed by atoms with E-state index in [0.717, 1.165) is 10.9 Å². The number of carboxylic acids is 1. The molecule has 0 saturated carbocycles. The van der Waals surface area contributed by atoms with Crippen molar-refractivity contribution in [2.24, 2.45) is 0 Å². The fourth-order valence-electron chi connectivity index (χ4n) is 2.15. The quantitative estimate of drug-likeness (QED) is 0.758. The van der Waals surface area contributed by atoms with Crippen molar-refractivity contribution in [3.8, 4) is 0 Å². The Morgan fingerprint density at radius 3 is 2.46 bits per heavy atom. The van der Waals surface area contributed by atoms with Crippen molar-refractivity contribution in [1.29, 1.82) is 0 Å². The summed E-state index contributed by atoms with van der Waals surface area (Å²) in [5.41, 5.74) is 0.137. The lowest BCUT2D eigenvalue weighted by atomic mass is 10.2. The monoisotopic (exact) mass is 363 g/mol. The minimum Gasteiger partial charge on any atom is -0.476 e. The van der Waals surface area contributed by atoms with Gasteiger partial charge >= 0.3 is 5.97 Å². The van der Waals surface area contributed by atoms with Gasteiger partial charge in [0, 0.05) is 11.7 Å². The summed E-state index contributed by atoms with van der Waals surface area (Å²) in [6.07, 6.45) is 1.14. The Bertz CT molecular complexity index is 803. The largest absolute Gasteiger partial charge is 0.476 e. The fraction of sp³-hybridized carbons (Fsp3) is 0.312. The zero-order chi connectivity index (χ0) is 19.3. The average molecular weight is 363 g/mol. The minimum atomic E-state index is -1.25. The smallest absolute Gasteiger partial charge is 0.358 e. The number of nitrogens with zero attached hydrogens (tertiary/aromatic N) is 4. The summed E-state index contributed by atoms with van der Waals surface area (Å²) in [6.45, 7) is 3.02. The van der Waals surface area contributed by atoms with Gasteiger partial charge in [0.05, 0.1) is 6.20 Å². The number of hydrogen-bond donors (Lipinski definition) is 2. The topological polar surface area (TPSA) is 117 Å². The molecule has 0 bridgehead atoms. The number of carbonyl (C=O) groups excluding carboxylic acids is 2. The Hall–Kier alpha value is -3.30. The lowest BCUT2D eigenvalue weighted by molar-refractivity contribution is -0.137. The molecule has 26 heavy (non-hydrogen) atoms. The molecule has 2 amide bonds. The maximum Gasteiger partial charge on any atom is 0.358 e. The lowest BCUT2D eigenvalue weighted by Gasteiger charge is -2.26. The van der Waals surface area contributed by atoms with Crippen LogP contribution >= 0.6 is 0 Å². The summed E-state index contributed by atoms with van der Waals surface area (Å²) in [6, 6.07) is 4.98. The number of hydrogen-bond acceptors (Lipinski definition) is 5. The normalized spacial score (nSPS) is 10.6. The Morgan fingerprint density at radius 2 is 1.92 bits per heavy atom. The molecule has 1 aromatic heterocycles. The third-order valence-electron chi connectivity index (χ3n) is 3.44. The molecule has 1 aromatic carbocycles. The number of amides is 2. The molecule has 0 spiro atoms. The van der Waals surface area contributed by atoms with Crippen LogP contribution in [0.1, 0.15) is 24.3 Å². The first-order valence-electron chi connectivity index (χ1n) is 7.74. The van der Waals surface area contributed by atoms with Gasteiger partial charge in [-0.1, -0.05) is 5.21 Å². The van der Waals surface area contributed by atoms with Crippen LogP contribution in [0, 0.1) is 5.82 Å². The van der Waals surface area contributed by atoms with Crippen LogP contribution in [-0.2, 0) is 16.1 Å². The molecule has 0 aliphatic heterocycles. The first kappa shape index (κ1) is 19.0. The highest BCUT2D eigenvalue weighted by Gasteiger charge is 2.21. The van der Waals surface area contributed by atoms with Crippen molar-refractivity contribution in [1.82, 2.24) is 19.9 Å². The molecule has 0 aliphatic carbocycles. The molecule has 9 nitrogen and oxygen atoms in total. The van der Waals surface area contributed by atoms with E-state index < -0.39 is 23.6 Å². The van der Waals surface area contributed by atoms with Crippen molar-refractivity contribution in [2.75, 3.05) is 11.9 Å². The van der Waals surface area contributed by atoms with Crippen molar-refractivity contribution in [2.45, 2.75) is 26.4 Å². The van der Waals surface area contributed by atoms with Gasteiger partial charge in [0.2, 0.25) is 11.8 Å². The molecule has 2 aromatic rings. The third-order valence-corrected chi connectivity index (χ3v) is 3.44. The minimum absolute atomic E-state index is 0.214. The zero-order valence-electron chi connectivity index (χ0n) is 14.2. The molecule has 2 N–H and O–H groups in total. The zero-order valence-corrected chi connectivity index (χ0v) is 14.2. The van der Waals surface area contributed by atoms with E-state index in [1.165, 1.54) is 29.2 Å². The lowest BCUT2D eigenvalue weighted by Crippen LogP contribution is -2.44. The highest BCUT2D eigenvalue weighted by molar-refractivity contribution is 5.94. The number of anilines is 1. The second kappa shape index (κ2) is 8.19. The highest BCUT2D eigenvalue weighted by atomic mass is 19.1. The van der Waals surface area contributed by atoms with E-state index in [1.54, 1.807) is 13.8 Å². The molecule has 0 unspecified atom stereocenters. The number of aromatic carboxylic acids is 1. The van der Waals surface area contributed by atoms with Crippen LogP contribution in [0.3, 0.4) is 0 Å². The molecule has 0 radical (unpaired) electrons. The second-order valence-electron chi connectivity index (χ2n) is 5.78. The van der Waals surface area contributed by atoms with Gasteiger partial charge in [0.1, 0.15) is 18.9 Å². The van der Waals surface area contributed by atoms with Gasteiger partial charge in [-0.15, -0.1) is 5.10 Å². The summed E-state index contributed by atoms with van der Waals surface area (Å²) in [5, 5.41) is 18.4. The van der Waals surface area contributed by atoms with E-state index in [9.17, 15) is 18.8 Å². The van der Waals surface area contributed by atoms with E-state index in [2.05, 4.69) is 15.6 Å². The van der Waals surface area contributed by atoms with Crippen molar-refractivity contribution < 1.29 is 23.9 Å². The number of aromatic nitrogens is 3. The molecule has 0 fully saturated rings. The van der Waals surface area contributed by atoms with Gasteiger partial charge in [-0.2, -0.15) is 0 Å². The van der Waals surface area contributed by atoms with Crippen LogP contribution in [0.25, 0.3) is 0 Å². The molecule has 1 heterocycles. The fourth-order valence-corrected chi connectivity index (χ4v) is 2.15. The van der Waals surface area contributed by atoms with Crippen LogP contribution in [0.2, 0.25) is 0 Å². The number of carboxylic acid groups (broad SMARTS) is 1. The van der Waals surface area contributed by atoms with Gasteiger partial charge in [0.25, 0.3) is 0 Å². The Balaban J connectivity index is 1.99. The maximum atomic E-state index is 12.9. The first-order valence-corrected chi connectivity index (χ1v) is 7.74. The SMILES string of the molecule is CC(C)N(CC(=O)Nc1ccc(F)cc1)C(=O)Cn1cc(C(=O)O)nn1. The molecule has 0 saturated heterocycles. The van der Waals surface area contributed by atoms with Gasteiger partial charge in [-0.05, 0) is 38.1 Å².